The van der Waals surface area contributed by atoms with E-state index in [1.165, 1.54) is 20.3 Å². The van der Waals surface area contributed by atoms with Gasteiger partial charge in [-0.2, -0.15) is 0 Å². The number of Topliss-reactive ketones (excluding diaryl/α,β-unsaturated/α-hetero) is 1. The predicted molar refractivity (Wildman–Crippen MR) is 267 cm³/mol. The van der Waals surface area contributed by atoms with E-state index >= 15 is 0 Å². The topological polar surface area (TPSA) is 346 Å². The molecule has 1 unspecified atom stereocenters. The van der Waals surface area contributed by atoms with Crippen LogP contribution in [-0.4, -0.2) is 91.7 Å². The Labute approximate surface area is 466 Å². The minimum absolute atomic E-state index is 0. The SMILES string of the molecule is C.C.C.C.CC.CC(=O)O.CC1=CC(Cl)NC(=O)N1.CCOC(=O)C[C-]=O.COC(=O)CC(C)=O.Cc1cc(Cl)nc(Cl)n1.NC(N)=O.Nc1ccccn1.O=P(Cl)(Cl)Cl.[2H]CI.[K+].[OH-]. The van der Waals surface area contributed by atoms with E-state index in [1.54, 1.807) is 45.2 Å². The molecule has 0 bridgehead atoms. The maximum absolute atomic E-state index is 10.5. The third-order valence-corrected chi connectivity index (χ3v) is 4.20. The summed E-state index contributed by atoms with van der Waals surface area (Å²) in [5.41, 5.74) is 15.0. The van der Waals surface area contributed by atoms with Gasteiger partial charge in [-0.1, -0.05) is 102 Å². The van der Waals surface area contributed by atoms with Crippen molar-refractivity contribution in [3.05, 3.63) is 58.4 Å². The van der Waals surface area contributed by atoms with Crippen LogP contribution in [0.5, 0.6) is 0 Å². The summed E-state index contributed by atoms with van der Waals surface area (Å²) in [6.45, 7) is 12.0. The number of aryl methyl sites for hydroxylation is 1. The Bertz CT molecular complexity index is 1470. The number of urea groups is 2. The van der Waals surface area contributed by atoms with E-state index in [-0.39, 0.29) is 122 Å². The van der Waals surface area contributed by atoms with Gasteiger partial charge in [0.2, 0.25) is 5.28 Å². The number of carbonyl (C=O) groups is 6. The number of carbonyl (C=O) groups excluding carboxylic acids is 6. The third kappa shape index (κ3) is 119. The number of methoxy groups -OCH3 is 1. The zero-order valence-electron chi connectivity index (χ0n) is 35.0. The first-order valence-electron chi connectivity index (χ1n) is 15.9. The van der Waals surface area contributed by atoms with Crippen LogP contribution in [0, 0.1) is 6.92 Å². The normalized spacial score (nSPS) is 10.1. The van der Waals surface area contributed by atoms with Crippen LogP contribution in [0.4, 0.5) is 15.4 Å². The summed E-state index contributed by atoms with van der Waals surface area (Å²) < 4.78 is 24.3. The molecular weight excluding hydrogens is 1130 g/mol. The molecule has 20 nitrogen and oxygen atoms in total. The Morgan fingerprint density at radius 3 is 1.66 bits per heavy atom. The van der Waals surface area contributed by atoms with Gasteiger partial charge in [0.1, 0.15) is 28.7 Å². The van der Waals surface area contributed by atoms with E-state index in [9.17, 15) is 28.5 Å². The van der Waals surface area contributed by atoms with Gasteiger partial charge < -0.3 is 52.7 Å². The fourth-order valence-corrected chi connectivity index (χ4v) is 2.85. The number of nitrogens with one attached hydrogen (secondary N) is 2. The zero-order chi connectivity index (χ0) is 48.2. The van der Waals surface area contributed by atoms with Crippen molar-refractivity contribution in [2.24, 2.45) is 11.5 Å². The van der Waals surface area contributed by atoms with Crippen molar-refractivity contribution in [1.82, 2.24) is 25.6 Å². The minimum atomic E-state index is -3.22. The Hall–Kier alpha value is -1.64. The molecule has 2 aromatic rings. The zero-order valence-corrected chi connectivity index (χ0v) is 44.7. The van der Waals surface area contributed by atoms with Crippen molar-refractivity contribution in [2.75, 3.05) is 24.4 Å². The average Bonchev–Trinajstić information content (AvgIpc) is 3.05. The second-order valence-corrected chi connectivity index (χ2v) is 16.4. The summed E-state index contributed by atoms with van der Waals surface area (Å²) in [6, 6.07) is 6.00. The average molecular weight is 1200 g/mol. The number of anilines is 1. The number of nitrogens with zero attached hydrogens (tertiary/aromatic N) is 3. The van der Waals surface area contributed by atoms with E-state index in [0.29, 0.717) is 22.5 Å². The van der Waals surface area contributed by atoms with Gasteiger partial charge in [-0.05, 0) is 102 Å². The first-order chi connectivity index (χ1) is 27.1. The van der Waals surface area contributed by atoms with Gasteiger partial charge in [-0.15, -0.1) is 0 Å². The van der Waals surface area contributed by atoms with E-state index in [4.69, 9.17) is 56.6 Å². The number of hydrogen-bond donors (Lipinski definition) is 6. The van der Waals surface area contributed by atoms with Crippen molar-refractivity contribution >= 4 is 144 Å². The number of aromatic nitrogens is 3. The molecule has 29 heteroatoms. The molecule has 3 heterocycles. The molecule has 4 amide bonds. The Morgan fingerprint density at radius 1 is 1.02 bits per heavy atom. The number of aliphatic carboxylic acids is 1. The number of nitrogens with two attached hydrogens (primary N) is 3. The number of primary amides is 2. The number of amides is 4. The number of halogens is 7. The number of hydrogen-bond acceptors (Lipinski definition) is 15. The van der Waals surface area contributed by atoms with Crippen molar-refractivity contribution in [3.63, 3.8) is 0 Å². The molecule has 10 N–H and O–H groups in total. The number of carboxylic acids is 1. The van der Waals surface area contributed by atoms with Crippen molar-refractivity contribution in [3.8, 4) is 0 Å². The largest absolute Gasteiger partial charge is 1.00 e. The third-order valence-electron chi connectivity index (χ3n) is 3.60. The molecule has 0 saturated heterocycles. The van der Waals surface area contributed by atoms with Gasteiger partial charge in [-0.25, -0.2) is 24.5 Å². The number of pyridine rings is 1. The Morgan fingerprint density at radius 2 is 1.44 bits per heavy atom. The number of rotatable bonds is 5. The van der Waals surface area contributed by atoms with Crippen LogP contribution in [-0.2, 0) is 38.0 Å². The second-order valence-electron chi connectivity index (χ2n) is 8.61. The number of ketones is 1. The molecule has 0 radical (unpaired) electrons. The number of nitrogen functional groups attached to an aromatic ring is 1. The smallest absolute Gasteiger partial charge is 0.870 e. The molecule has 0 saturated carbocycles. The van der Waals surface area contributed by atoms with Crippen LogP contribution in [0.25, 0.3) is 0 Å². The standard InChI is InChI=1S/C5H4Cl2N2.C5H7ClN2O.C5H6N2.C5H8O3.C5H7O3.C2H4O2.C2H6.CH3I.CH4N2O.4CH4.Cl3OP.K.H2O/c1-3-2-4(6)9-5(7)8-3;1-3-2-4(6)8-5(9)7-3;6-5-3-1-2-4-7-5;1-4(6)3-5(7)8-2;1-2-8-5(7)3-4-6;1-2(3)4;2*1-2;2-1(3)4;;;;;1-5(2,3)4;;/h2H,1H3;2,4H,1H3,(H2,7,8,9);1-4H,(H2,6,7);3H2,1-2H3;2-3H2,1H3;1H3,(H,3,4);1-2H3;1H3;(H4,2,3,4);4*1H4;;;1H2/q;;;;-1;;;;;;;;;;+1;/p-1/i;;;;;;;1D;;;;;;;;. The maximum Gasteiger partial charge on any atom is 1.00 e. The maximum atomic E-state index is 10.5. The number of alkyl halides is 2. The summed E-state index contributed by atoms with van der Waals surface area (Å²) in [4.78, 5) is 80.1. The van der Waals surface area contributed by atoms with Gasteiger partial charge in [0, 0.05) is 25.9 Å². The van der Waals surface area contributed by atoms with Crippen molar-refractivity contribution in [2.45, 2.75) is 96.5 Å². The van der Waals surface area contributed by atoms with Crippen LogP contribution in [0.1, 0.15) is 91.2 Å². The molecule has 1 atom stereocenters. The fraction of sp³-hybridized carbons (Fsp3) is 0.486. The minimum Gasteiger partial charge on any atom is -0.870 e. The van der Waals surface area contributed by atoms with Gasteiger partial charge in [-0.3, -0.25) is 30.0 Å². The predicted octanol–water partition coefficient (Wildman–Crippen LogP) is 7.09. The summed E-state index contributed by atoms with van der Waals surface area (Å²) in [5.74, 6) is -1.42. The number of carboxylic acid groups (broad SMARTS) is 1. The Kier molecular flexibility index (Phi) is 98.3. The van der Waals surface area contributed by atoms with Gasteiger partial charge in [0.15, 0.2) is 0 Å². The van der Waals surface area contributed by atoms with Crippen molar-refractivity contribution < 1.29 is 111 Å². The van der Waals surface area contributed by atoms with Crippen LogP contribution >= 0.6 is 96.3 Å². The molecule has 3 rings (SSSR count). The van der Waals surface area contributed by atoms with E-state index < -0.39 is 29.1 Å². The van der Waals surface area contributed by atoms with Crippen LogP contribution < -0.4 is 79.2 Å². The second kappa shape index (κ2) is 67.9. The molecule has 1 aliphatic heterocycles. The van der Waals surface area contributed by atoms with E-state index in [0.717, 1.165) is 18.3 Å². The molecule has 0 aromatic carbocycles. The molecule has 0 spiro atoms. The molecule has 2 aromatic heterocycles. The summed E-state index contributed by atoms with van der Waals surface area (Å²) in [7, 11) is 1.26. The van der Waals surface area contributed by atoms with Gasteiger partial charge in [0.05, 0.1) is 13.7 Å². The number of allylic oxidation sites excluding steroid dienone is 1. The molecule has 0 aliphatic carbocycles. The number of esters is 2. The number of ether oxygens (including phenoxy) is 2. The quantitative estimate of drug-likeness (QED) is 0.0166. The van der Waals surface area contributed by atoms with Crippen LogP contribution in [0.15, 0.2) is 42.2 Å². The molecule has 0 fully saturated rings. The monoisotopic (exact) mass is 1200 g/mol. The summed E-state index contributed by atoms with van der Waals surface area (Å²) >= 11 is 32.3. The fourth-order valence-electron chi connectivity index (χ4n) is 2.06. The first-order valence-corrected chi connectivity index (χ1v) is 22.3. The molecular formula is C35H66Cl6IKN8O12P-. The van der Waals surface area contributed by atoms with Gasteiger partial charge >= 0.3 is 74.6 Å². The molecule has 64 heavy (non-hydrogen) atoms. The van der Waals surface area contributed by atoms with E-state index in [2.05, 4.69) is 80.2 Å². The van der Waals surface area contributed by atoms with Crippen molar-refractivity contribution in [1.29, 1.82) is 0 Å². The molecule has 374 valence electrons. The molecule has 1 aliphatic rings. The first kappa shape index (κ1) is 92.6. The Balaban J connectivity index is -0.0000000426. The van der Waals surface area contributed by atoms with Gasteiger partial charge in [0.25, 0.3) is 11.9 Å². The van der Waals surface area contributed by atoms with E-state index in [1.807, 2.05) is 48.6 Å². The van der Waals surface area contributed by atoms with Crippen LogP contribution in [0.2, 0.25) is 10.4 Å². The summed E-state index contributed by atoms with van der Waals surface area (Å²) in [6.07, 6.45) is 4.44. The summed E-state index contributed by atoms with van der Waals surface area (Å²) in [5, 5.41) is 9.76. The van der Waals surface area contributed by atoms with Crippen LogP contribution in [0.3, 0.4) is 0 Å².